The van der Waals surface area contributed by atoms with Crippen LogP contribution in [0.2, 0.25) is 0 Å². The minimum Gasteiger partial charge on any atom is -0.393 e. The number of halogens is 3. The van der Waals surface area contributed by atoms with Crippen molar-refractivity contribution >= 4 is 37.5 Å². The summed E-state index contributed by atoms with van der Waals surface area (Å²) in [5.74, 6) is -2.13. The lowest BCUT2D eigenvalue weighted by Crippen LogP contribution is -2.40. The molecular formula is C18H17BrF2N2O4S. The van der Waals surface area contributed by atoms with Gasteiger partial charge in [-0.2, -0.15) is 4.31 Å². The fourth-order valence-electron chi connectivity index (χ4n) is 2.84. The number of sulfonamides is 1. The van der Waals surface area contributed by atoms with E-state index in [1.54, 1.807) is 0 Å². The van der Waals surface area contributed by atoms with Crippen molar-refractivity contribution in [3.8, 4) is 0 Å². The van der Waals surface area contributed by atoms with Crippen LogP contribution < -0.4 is 5.32 Å². The zero-order chi connectivity index (χ0) is 20.5. The third-order valence-electron chi connectivity index (χ3n) is 4.41. The van der Waals surface area contributed by atoms with Crippen LogP contribution in [0.25, 0.3) is 0 Å². The highest BCUT2D eigenvalue weighted by Gasteiger charge is 2.31. The summed E-state index contributed by atoms with van der Waals surface area (Å²) in [5, 5.41) is 12.0. The maximum absolute atomic E-state index is 14.2. The quantitative estimate of drug-likeness (QED) is 0.712. The SMILES string of the molecule is O=C(Nc1ccc(F)c(Br)c1)c1ccc(F)c(S(=O)(=O)N2CCC(O)CC2)c1. The van der Waals surface area contributed by atoms with Gasteiger partial charge < -0.3 is 10.4 Å². The van der Waals surface area contributed by atoms with Crippen molar-refractivity contribution in [3.63, 3.8) is 0 Å². The number of nitrogens with zero attached hydrogens (tertiary/aromatic N) is 1. The molecule has 3 rings (SSSR count). The topological polar surface area (TPSA) is 86.7 Å². The van der Waals surface area contributed by atoms with Gasteiger partial charge in [0.1, 0.15) is 16.5 Å². The van der Waals surface area contributed by atoms with Crippen molar-refractivity contribution in [2.24, 2.45) is 0 Å². The lowest BCUT2D eigenvalue weighted by Gasteiger charge is -2.28. The number of hydrogen-bond donors (Lipinski definition) is 2. The predicted octanol–water partition coefficient (Wildman–Crippen LogP) is 3.13. The van der Waals surface area contributed by atoms with Crippen LogP contribution in [0.15, 0.2) is 45.8 Å². The van der Waals surface area contributed by atoms with Gasteiger partial charge in [0, 0.05) is 24.3 Å². The molecule has 0 atom stereocenters. The predicted molar refractivity (Wildman–Crippen MR) is 102 cm³/mol. The van der Waals surface area contributed by atoms with Crippen LogP contribution in [0.5, 0.6) is 0 Å². The Hall–Kier alpha value is -1.88. The number of amides is 1. The molecule has 0 bridgehead atoms. The molecule has 150 valence electrons. The Morgan fingerprint density at radius 3 is 2.39 bits per heavy atom. The maximum Gasteiger partial charge on any atom is 0.255 e. The Morgan fingerprint density at radius 2 is 1.75 bits per heavy atom. The molecule has 1 amide bonds. The van der Waals surface area contributed by atoms with Crippen molar-refractivity contribution in [3.05, 3.63) is 58.1 Å². The fourth-order valence-corrected chi connectivity index (χ4v) is 4.78. The zero-order valence-corrected chi connectivity index (χ0v) is 16.9. The van der Waals surface area contributed by atoms with Gasteiger partial charge in [0.2, 0.25) is 10.0 Å². The smallest absolute Gasteiger partial charge is 0.255 e. The highest BCUT2D eigenvalue weighted by atomic mass is 79.9. The van der Waals surface area contributed by atoms with Crippen LogP contribution in [0.3, 0.4) is 0 Å². The Kier molecular flexibility index (Phi) is 6.13. The molecular weight excluding hydrogens is 458 g/mol. The average molecular weight is 475 g/mol. The molecule has 2 aromatic rings. The third kappa shape index (κ3) is 4.40. The molecule has 2 aromatic carbocycles. The van der Waals surface area contributed by atoms with Gasteiger partial charge in [-0.15, -0.1) is 0 Å². The number of benzene rings is 2. The molecule has 0 spiro atoms. The molecule has 0 saturated carbocycles. The van der Waals surface area contributed by atoms with Gasteiger partial charge in [0.25, 0.3) is 5.91 Å². The van der Waals surface area contributed by atoms with E-state index < -0.39 is 38.6 Å². The summed E-state index contributed by atoms with van der Waals surface area (Å²) in [6.07, 6.45) is -0.0514. The van der Waals surface area contributed by atoms with Crippen LogP contribution in [0, 0.1) is 11.6 Å². The molecule has 0 radical (unpaired) electrons. The molecule has 10 heteroatoms. The normalized spacial score (nSPS) is 16.1. The second-order valence-corrected chi connectivity index (χ2v) is 9.12. The molecule has 1 saturated heterocycles. The van der Waals surface area contributed by atoms with E-state index in [0.717, 1.165) is 22.5 Å². The Bertz CT molecular complexity index is 1010. The van der Waals surface area contributed by atoms with E-state index in [1.165, 1.54) is 18.2 Å². The van der Waals surface area contributed by atoms with Gasteiger partial charge in [-0.1, -0.05) is 0 Å². The van der Waals surface area contributed by atoms with E-state index in [4.69, 9.17) is 0 Å². The summed E-state index contributed by atoms with van der Waals surface area (Å²) in [6.45, 7) is 0.145. The second kappa shape index (κ2) is 8.24. The minimum absolute atomic E-state index is 0.0579. The number of anilines is 1. The van der Waals surface area contributed by atoms with Crippen molar-refractivity contribution in [1.29, 1.82) is 0 Å². The molecule has 1 fully saturated rings. The Labute approximate surface area is 169 Å². The van der Waals surface area contributed by atoms with Crippen molar-refractivity contribution in [2.75, 3.05) is 18.4 Å². The van der Waals surface area contributed by atoms with Gasteiger partial charge in [-0.05, 0) is 65.2 Å². The molecule has 0 unspecified atom stereocenters. The number of piperidine rings is 1. The number of nitrogens with one attached hydrogen (secondary N) is 1. The van der Waals surface area contributed by atoms with Crippen LogP contribution in [-0.2, 0) is 10.0 Å². The molecule has 6 nitrogen and oxygen atoms in total. The standard InChI is InChI=1S/C18H17BrF2N2O4S/c19-14-10-12(2-4-15(14)20)22-18(25)11-1-3-16(21)17(9-11)28(26,27)23-7-5-13(24)6-8-23/h1-4,9-10,13,24H,5-8H2,(H,22,25). The summed E-state index contributed by atoms with van der Waals surface area (Å²) in [7, 11) is -4.15. The third-order valence-corrected chi connectivity index (χ3v) is 6.93. The van der Waals surface area contributed by atoms with Gasteiger partial charge in [0.15, 0.2) is 0 Å². The fraction of sp³-hybridized carbons (Fsp3) is 0.278. The first-order valence-corrected chi connectivity index (χ1v) is 10.7. The van der Waals surface area contributed by atoms with Crippen molar-refractivity contribution in [2.45, 2.75) is 23.8 Å². The number of aliphatic hydroxyl groups is 1. The van der Waals surface area contributed by atoms with Gasteiger partial charge in [-0.3, -0.25) is 4.79 Å². The van der Waals surface area contributed by atoms with Crippen molar-refractivity contribution < 1.29 is 27.1 Å². The first kappa shape index (κ1) is 20.8. The summed E-state index contributed by atoms with van der Waals surface area (Å²) in [4.78, 5) is 11.8. The summed E-state index contributed by atoms with van der Waals surface area (Å²) < 4.78 is 54.3. The Morgan fingerprint density at radius 1 is 1.11 bits per heavy atom. The van der Waals surface area contributed by atoms with E-state index >= 15 is 0 Å². The van der Waals surface area contributed by atoms with Gasteiger partial charge in [0.05, 0.1) is 10.6 Å². The number of carbonyl (C=O) groups excluding carboxylic acids is 1. The average Bonchev–Trinajstić information content (AvgIpc) is 2.65. The first-order valence-electron chi connectivity index (χ1n) is 8.42. The van der Waals surface area contributed by atoms with E-state index in [2.05, 4.69) is 21.2 Å². The molecule has 1 aliphatic rings. The number of hydrogen-bond acceptors (Lipinski definition) is 4. The highest BCUT2D eigenvalue weighted by Crippen LogP contribution is 2.25. The summed E-state index contributed by atoms with van der Waals surface area (Å²) in [5.41, 5.74) is 0.231. The molecule has 1 heterocycles. The van der Waals surface area contributed by atoms with Crippen LogP contribution in [-0.4, -0.2) is 42.9 Å². The number of carbonyl (C=O) groups is 1. The van der Waals surface area contributed by atoms with Crippen LogP contribution >= 0.6 is 15.9 Å². The number of aliphatic hydroxyl groups excluding tert-OH is 1. The largest absolute Gasteiger partial charge is 0.393 e. The zero-order valence-electron chi connectivity index (χ0n) is 14.5. The summed E-state index contributed by atoms with van der Waals surface area (Å²) >= 11 is 3.01. The molecule has 0 aliphatic carbocycles. The lowest BCUT2D eigenvalue weighted by atomic mass is 10.1. The second-order valence-electron chi connectivity index (χ2n) is 6.36. The van der Waals surface area contributed by atoms with Crippen LogP contribution in [0.4, 0.5) is 14.5 Å². The first-order chi connectivity index (χ1) is 13.2. The molecule has 28 heavy (non-hydrogen) atoms. The molecule has 0 aromatic heterocycles. The summed E-state index contributed by atoms with van der Waals surface area (Å²) in [6, 6.07) is 6.92. The van der Waals surface area contributed by atoms with Gasteiger partial charge in [-0.25, -0.2) is 17.2 Å². The highest BCUT2D eigenvalue weighted by molar-refractivity contribution is 9.10. The number of rotatable bonds is 4. The van der Waals surface area contributed by atoms with Crippen LogP contribution in [0.1, 0.15) is 23.2 Å². The molecule has 1 aliphatic heterocycles. The van der Waals surface area contributed by atoms with Gasteiger partial charge >= 0.3 is 0 Å². The molecule has 2 N–H and O–H groups in total. The maximum atomic E-state index is 14.2. The van der Waals surface area contributed by atoms with E-state index in [-0.39, 0.29) is 41.7 Å². The lowest BCUT2D eigenvalue weighted by molar-refractivity contribution is 0.102. The van der Waals surface area contributed by atoms with E-state index in [1.807, 2.05) is 0 Å². The Balaban J connectivity index is 1.86. The monoisotopic (exact) mass is 474 g/mol. The minimum atomic E-state index is -4.15. The van der Waals surface area contributed by atoms with E-state index in [0.29, 0.717) is 0 Å². The van der Waals surface area contributed by atoms with E-state index in [9.17, 15) is 27.1 Å². The van der Waals surface area contributed by atoms with Crippen molar-refractivity contribution in [1.82, 2.24) is 4.31 Å².